The smallest absolute Gasteiger partial charge is 0.246 e. The first-order valence-electron chi connectivity index (χ1n) is 7.18. The maximum atomic E-state index is 5.96. The van der Waals surface area contributed by atoms with Gasteiger partial charge in [-0.2, -0.15) is 4.98 Å². The fraction of sp³-hybridized carbons (Fsp3) is 0.400. The second-order valence-electron chi connectivity index (χ2n) is 4.90. The molecule has 1 aromatic heterocycles. The number of rotatable bonds is 5. The predicted octanol–water partition coefficient (Wildman–Crippen LogP) is 2.85. The SMILES string of the molecule is CCC(C)NC(=NC)NCc1nc(-c2cccc(Cl)c2)no1. The van der Waals surface area contributed by atoms with Gasteiger partial charge in [-0.05, 0) is 25.5 Å². The zero-order valence-electron chi connectivity index (χ0n) is 12.9. The Balaban J connectivity index is 1.97. The summed E-state index contributed by atoms with van der Waals surface area (Å²) in [4.78, 5) is 8.50. The normalized spacial score (nSPS) is 13.0. The maximum Gasteiger partial charge on any atom is 0.246 e. The second kappa shape index (κ2) is 7.79. The van der Waals surface area contributed by atoms with Gasteiger partial charge in [-0.1, -0.05) is 35.8 Å². The standard InChI is InChI=1S/C15H20ClN5O/c1-4-10(2)19-15(17-3)18-9-13-20-14(21-22-13)11-6-5-7-12(16)8-11/h5-8,10H,4,9H2,1-3H3,(H2,17,18,19). The zero-order valence-corrected chi connectivity index (χ0v) is 13.7. The number of aromatic nitrogens is 2. The van der Waals surface area contributed by atoms with Crippen molar-refractivity contribution >= 4 is 17.6 Å². The average molecular weight is 322 g/mol. The van der Waals surface area contributed by atoms with Crippen molar-refractivity contribution in [3.05, 3.63) is 35.2 Å². The third-order valence-electron chi connectivity index (χ3n) is 3.18. The molecule has 0 fully saturated rings. The Morgan fingerprint density at radius 1 is 1.45 bits per heavy atom. The topological polar surface area (TPSA) is 75.3 Å². The lowest BCUT2D eigenvalue weighted by Gasteiger charge is -2.15. The highest BCUT2D eigenvalue weighted by atomic mass is 35.5. The number of hydrogen-bond acceptors (Lipinski definition) is 4. The number of nitrogens with one attached hydrogen (secondary N) is 2. The quantitative estimate of drug-likeness (QED) is 0.654. The number of aliphatic imine (C=N–C) groups is 1. The van der Waals surface area contributed by atoms with Crippen LogP contribution >= 0.6 is 11.6 Å². The van der Waals surface area contributed by atoms with Crippen molar-refractivity contribution in [1.82, 2.24) is 20.8 Å². The van der Waals surface area contributed by atoms with Crippen molar-refractivity contribution in [3.63, 3.8) is 0 Å². The minimum atomic E-state index is 0.343. The van der Waals surface area contributed by atoms with Gasteiger partial charge in [0, 0.05) is 23.7 Å². The number of nitrogens with zero attached hydrogens (tertiary/aromatic N) is 3. The Morgan fingerprint density at radius 3 is 2.95 bits per heavy atom. The van der Waals surface area contributed by atoms with E-state index in [9.17, 15) is 0 Å². The van der Waals surface area contributed by atoms with Crippen molar-refractivity contribution in [2.45, 2.75) is 32.9 Å². The first kappa shape index (κ1) is 16.3. The Hall–Kier alpha value is -2.08. The molecule has 2 aromatic rings. The van der Waals surface area contributed by atoms with Gasteiger partial charge in [-0.25, -0.2) is 0 Å². The van der Waals surface area contributed by atoms with Gasteiger partial charge in [0.1, 0.15) is 0 Å². The molecule has 0 aliphatic carbocycles. The van der Waals surface area contributed by atoms with Crippen LogP contribution in [0.5, 0.6) is 0 Å². The van der Waals surface area contributed by atoms with Crippen LogP contribution in [0.3, 0.4) is 0 Å². The largest absolute Gasteiger partial charge is 0.354 e. The van der Waals surface area contributed by atoms with Gasteiger partial charge in [0.05, 0.1) is 6.54 Å². The van der Waals surface area contributed by atoms with E-state index in [4.69, 9.17) is 16.1 Å². The monoisotopic (exact) mass is 321 g/mol. The molecule has 22 heavy (non-hydrogen) atoms. The number of benzene rings is 1. The summed E-state index contributed by atoms with van der Waals surface area (Å²) in [6, 6.07) is 7.68. The predicted molar refractivity (Wildman–Crippen MR) is 87.8 cm³/mol. The van der Waals surface area contributed by atoms with Crippen LogP contribution in [0.1, 0.15) is 26.2 Å². The van der Waals surface area contributed by atoms with Gasteiger partial charge < -0.3 is 15.2 Å². The molecule has 0 saturated heterocycles. The lowest BCUT2D eigenvalue weighted by molar-refractivity contribution is 0.375. The van der Waals surface area contributed by atoms with E-state index in [-0.39, 0.29) is 0 Å². The summed E-state index contributed by atoms with van der Waals surface area (Å²) >= 11 is 5.96. The Bertz CT molecular complexity index is 640. The number of halogens is 1. The molecule has 0 radical (unpaired) electrons. The Kier molecular flexibility index (Phi) is 5.77. The highest BCUT2D eigenvalue weighted by Crippen LogP contribution is 2.19. The van der Waals surface area contributed by atoms with Gasteiger partial charge in [-0.15, -0.1) is 0 Å². The summed E-state index contributed by atoms with van der Waals surface area (Å²) in [5, 5.41) is 11.0. The minimum Gasteiger partial charge on any atom is -0.354 e. The highest BCUT2D eigenvalue weighted by molar-refractivity contribution is 6.30. The van der Waals surface area contributed by atoms with Crippen molar-refractivity contribution < 1.29 is 4.52 Å². The molecule has 0 aliphatic rings. The van der Waals surface area contributed by atoms with Crippen LogP contribution in [0.15, 0.2) is 33.8 Å². The van der Waals surface area contributed by atoms with E-state index in [1.807, 2.05) is 12.1 Å². The third kappa shape index (κ3) is 4.46. The van der Waals surface area contributed by atoms with Gasteiger partial charge in [0.25, 0.3) is 0 Å². The molecule has 0 bridgehead atoms. The zero-order chi connectivity index (χ0) is 15.9. The molecule has 0 amide bonds. The fourth-order valence-corrected chi connectivity index (χ4v) is 1.95. The van der Waals surface area contributed by atoms with Crippen molar-refractivity contribution in [2.75, 3.05) is 7.05 Å². The molecule has 1 atom stereocenters. The van der Waals surface area contributed by atoms with Crippen molar-refractivity contribution in [2.24, 2.45) is 4.99 Å². The molecule has 6 nitrogen and oxygen atoms in total. The highest BCUT2D eigenvalue weighted by Gasteiger charge is 2.10. The van der Waals surface area contributed by atoms with E-state index in [1.165, 1.54) is 0 Å². The van der Waals surface area contributed by atoms with Crippen LogP contribution in [0, 0.1) is 0 Å². The molecule has 0 aliphatic heterocycles. The summed E-state index contributed by atoms with van der Waals surface area (Å²) in [7, 11) is 1.73. The summed E-state index contributed by atoms with van der Waals surface area (Å²) in [6.45, 7) is 4.61. The Morgan fingerprint density at radius 2 is 2.27 bits per heavy atom. The Labute approximate surface area is 135 Å². The summed E-state index contributed by atoms with van der Waals surface area (Å²) in [5.41, 5.74) is 0.824. The second-order valence-corrected chi connectivity index (χ2v) is 5.34. The van der Waals surface area contributed by atoms with Crippen LogP contribution in [-0.2, 0) is 6.54 Å². The summed E-state index contributed by atoms with van der Waals surface area (Å²) in [5.74, 6) is 1.71. The molecule has 0 saturated carbocycles. The molecule has 1 heterocycles. The first-order valence-corrected chi connectivity index (χ1v) is 7.56. The fourth-order valence-electron chi connectivity index (χ4n) is 1.76. The maximum absolute atomic E-state index is 5.96. The molecule has 2 rings (SSSR count). The van der Waals surface area contributed by atoms with Gasteiger partial charge in [-0.3, -0.25) is 4.99 Å². The summed E-state index contributed by atoms with van der Waals surface area (Å²) < 4.78 is 5.24. The van der Waals surface area contributed by atoms with Crippen LogP contribution in [-0.4, -0.2) is 29.2 Å². The molecule has 2 N–H and O–H groups in total. The van der Waals surface area contributed by atoms with Gasteiger partial charge in [0.15, 0.2) is 5.96 Å². The van der Waals surface area contributed by atoms with E-state index in [0.29, 0.717) is 35.3 Å². The first-order chi connectivity index (χ1) is 10.6. The van der Waals surface area contributed by atoms with Crippen molar-refractivity contribution in [1.29, 1.82) is 0 Å². The molecule has 118 valence electrons. The van der Waals surface area contributed by atoms with E-state index < -0.39 is 0 Å². The molecular formula is C15H20ClN5O. The third-order valence-corrected chi connectivity index (χ3v) is 3.41. The van der Waals surface area contributed by atoms with Gasteiger partial charge >= 0.3 is 0 Å². The van der Waals surface area contributed by atoms with Gasteiger partial charge in [0.2, 0.25) is 11.7 Å². The van der Waals surface area contributed by atoms with E-state index in [2.05, 4.69) is 39.6 Å². The molecule has 7 heteroatoms. The molecule has 1 aromatic carbocycles. The van der Waals surface area contributed by atoms with E-state index in [1.54, 1.807) is 19.2 Å². The summed E-state index contributed by atoms with van der Waals surface area (Å²) in [6.07, 6.45) is 1.01. The molecule has 0 spiro atoms. The van der Waals surface area contributed by atoms with E-state index in [0.717, 1.165) is 12.0 Å². The van der Waals surface area contributed by atoms with Crippen LogP contribution in [0.4, 0.5) is 0 Å². The lowest BCUT2D eigenvalue weighted by atomic mass is 10.2. The number of guanidine groups is 1. The van der Waals surface area contributed by atoms with Crippen LogP contribution in [0.25, 0.3) is 11.4 Å². The van der Waals surface area contributed by atoms with Crippen LogP contribution < -0.4 is 10.6 Å². The average Bonchev–Trinajstić information content (AvgIpc) is 3.00. The number of hydrogen-bond donors (Lipinski definition) is 2. The van der Waals surface area contributed by atoms with Crippen molar-refractivity contribution in [3.8, 4) is 11.4 Å². The van der Waals surface area contributed by atoms with E-state index >= 15 is 0 Å². The van der Waals surface area contributed by atoms with Crippen LogP contribution in [0.2, 0.25) is 5.02 Å². The lowest BCUT2D eigenvalue weighted by Crippen LogP contribution is -2.41. The molecular weight excluding hydrogens is 302 g/mol. The minimum absolute atomic E-state index is 0.343. The molecule has 1 unspecified atom stereocenters.